The van der Waals surface area contributed by atoms with Crippen LogP contribution in [0.25, 0.3) is 0 Å². The first-order valence-electron chi connectivity index (χ1n) is 6.16. The summed E-state index contributed by atoms with van der Waals surface area (Å²) in [5, 5.41) is 3.36. The zero-order chi connectivity index (χ0) is 12.8. The molecule has 0 bridgehead atoms. The monoisotopic (exact) mass is 301 g/mol. The van der Waals surface area contributed by atoms with Crippen LogP contribution < -0.4 is 5.32 Å². The molecular weight excluding hydrogens is 281 g/mol. The Bertz CT molecular complexity index is 352. The minimum Gasteiger partial charge on any atom is -0.310 e. The molecule has 0 amide bonds. The van der Waals surface area contributed by atoms with Gasteiger partial charge in [-0.25, -0.2) is 4.39 Å². The maximum absolute atomic E-state index is 13.5. The fraction of sp³-hybridized carbons (Fsp3) is 0.571. The maximum Gasteiger partial charge on any atom is 0.127 e. The van der Waals surface area contributed by atoms with Crippen LogP contribution in [-0.2, 0) is 6.54 Å². The van der Waals surface area contributed by atoms with Gasteiger partial charge in [0.1, 0.15) is 5.82 Å². The van der Waals surface area contributed by atoms with Crippen molar-refractivity contribution in [1.29, 1.82) is 0 Å². The normalized spacial score (nSPS) is 13.1. The van der Waals surface area contributed by atoms with Crippen LogP contribution in [-0.4, -0.2) is 6.04 Å². The van der Waals surface area contributed by atoms with Gasteiger partial charge in [0.05, 0.1) is 0 Å². The molecule has 0 aliphatic rings. The summed E-state index contributed by atoms with van der Waals surface area (Å²) < 4.78 is 14.4. The van der Waals surface area contributed by atoms with E-state index in [2.05, 4.69) is 42.0 Å². The van der Waals surface area contributed by atoms with Gasteiger partial charge in [-0.3, -0.25) is 0 Å². The van der Waals surface area contributed by atoms with Crippen molar-refractivity contribution < 1.29 is 4.39 Å². The molecule has 0 heterocycles. The number of benzene rings is 1. The van der Waals surface area contributed by atoms with Crippen molar-refractivity contribution in [2.45, 2.75) is 46.2 Å². The van der Waals surface area contributed by atoms with Crippen molar-refractivity contribution in [1.82, 2.24) is 5.32 Å². The molecule has 0 aliphatic heterocycles. The molecule has 1 rings (SSSR count). The highest BCUT2D eigenvalue weighted by molar-refractivity contribution is 9.10. The first kappa shape index (κ1) is 14.7. The number of halogens is 2. The lowest BCUT2D eigenvalue weighted by atomic mass is 10.0. The minimum absolute atomic E-state index is 0.142. The van der Waals surface area contributed by atoms with E-state index < -0.39 is 0 Å². The van der Waals surface area contributed by atoms with E-state index >= 15 is 0 Å². The molecule has 0 saturated carbocycles. The number of rotatable bonds is 6. The lowest BCUT2D eigenvalue weighted by Gasteiger charge is -2.15. The molecule has 1 aromatic rings. The summed E-state index contributed by atoms with van der Waals surface area (Å²) in [5.41, 5.74) is 0.718. The summed E-state index contributed by atoms with van der Waals surface area (Å²) in [7, 11) is 0. The SMILES string of the molecule is CC(C)CCC(C)NCc1cc(Br)ccc1F. The van der Waals surface area contributed by atoms with Gasteiger partial charge in [0.2, 0.25) is 0 Å². The van der Waals surface area contributed by atoms with Crippen molar-refractivity contribution in [2.24, 2.45) is 5.92 Å². The lowest BCUT2D eigenvalue weighted by molar-refractivity contribution is 0.446. The van der Waals surface area contributed by atoms with Gasteiger partial charge >= 0.3 is 0 Å². The second kappa shape index (κ2) is 7.12. The third-order valence-electron chi connectivity index (χ3n) is 2.83. The van der Waals surface area contributed by atoms with Gasteiger partial charge in [-0.2, -0.15) is 0 Å². The smallest absolute Gasteiger partial charge is 0.127 e. The summed E-state index contributed by atoms with van der Waals surface area (Å²) in [6.45, 7) is 7.18. The van der Waals surface area contributed by atoms with E-state index in [1.165, 1.54) is 12.5 Å². The largest absolute Gasteiger partial charge is 0.310 e. The molecule has 0 aliphatic carbocycles. The van der Waals surface area contributed by atoms with Crippen molar-refractivity contribution >= 4 is 15.9 Å². The van der Waals surface area contributed by atoms with E-state index in [0.717, 1.165) is 22.4 Å². The Morgan fingerprint density at radius 1 is 1.24 bits per heavy atom. The number of hydrogen-bond acceptors (Lipinski definition) is 1. The van der Waals surface area contributed by atoms with Gasteiger partial charge < -0.3 is 5.32 Å². The Morgan fingerprint density at radius 2 is 1.94 bits per heavy atom. The molecule has 0 spiro atoms. The summed E-state index contributed by atoms with van der Waals surface area (Å²) in [4.78, 5) is 0. The Kier molecular flexibility index (Phi) is 6.14. The van der Waals surface area contributed by atoms with Crippen LogP contribution in [0.1, 0.15) is 39.2 Å². The summed E-state index contributed by atoms with van der Waals surface area (Å²) in [5.74, 6) is 0.582. The first-order valence-corrected chi connectivity index (χ1v) is 6.95. The molecule has 1 unspecified atom stereocenters. The highest BCUT2D eigenvalue weighted by Crippen LogP contribution is 2.16. The molecular formula is C14H21BrFN. The lowest BCUT2D eigenvalue weighted by Crippen LogP contribution is -2.26. The van der Waals surface area contributed by atoms with Gasteiger partial charge in [-0.05, 0) is 43.9 Å². The third-order valence-corrected chi connectivity index (χ3v) is 3.32. The van der Waals surface area contributed by atoms with E-state index in [9.17, 15) is 4.39 Å². The Morgan fingerprint density at radius 3 is 2.59 bits per heavy atom. The van der Waals surface area contributed by atoms with Gasteiger partial charge in [-0.1, -0.05) is 29.8 Å². The first-order chi connectivity index (χ1) is 7.99. The summed E-state index contributed by atoms with van der Waals surface area (Å²) in [6, 6.07) is 5.48. The summed E-state index contributed by atoms with van der Waals surface area (Å²) >= 11 is 3.36. The Hall–Kier alpha value is -0.410. The van der Waals surface area contributed by atoms with Crippen molar-refractivity contribution in [3.63, 3.8) is 0 Å². The number of hydrogen-bond donors (Lipinski definition) is 1. The highest BCUT2D eigenvalue weighted by Gasteiger charge is 2.06. The van der Waals surface area contributed by atoms with E-state index in [0.29, 0.717) is 12.6 Å². The average Bonchev–Trinajstić information content (AvgIpc) is 2.27. The second-order valence-corrected chi connectivity index (χ2v) is 5.90. The van der Waals surface area contributed by atoms with Crippen LogP contribution >= 0.6 is 15.9 Å². The second-order valence-electron chi connectivity index (χ2n) is 4.99. The van der Waals surface area contributed by atoms with Crippen molar-refractivity contribution in [3.8, 4) is 0 Å². The maximum atomic E-state index is 13.5. The van der Waals surface area contributed by atoms with E-state index in [1.54, 1.807) is 6.07 Å². The molecule has 1 aromatic carbocycles. The predicted molar refractivity (Wildman–Crippen MR) is 74.5 cm³/mol. The van der Waals surface area contributed by atoms with Crippen LogP contribution in [0.4, 0.5) is 4.39 Å². The van der Waals surface area contributed by atoms with Gasteiger partial charge in [-0.15, -0.1) is 0 Å². The molecule has 0 aromatic heterocycles. The van der Waals surface area contributed by atoms with E-state index in [4.69, 9.17) is 0 Å². The van der Waals surface area contributed by atoms with Gasteiger partial charge in [0, 0.05) is 22.6 Å². The molecule has 1 N–H and O–H groups in total. The van der Waals surface area contributed by atoms with Crippen LogP contribution in [0.2, 0.25) is 0 Å². The fourth-order valence-electron chi connectivity index (χ4n) is 1.65. The zero-order valence-electron chi connectivity index (χ0n) is 10.8. The van der Waals surface area contributed by atoms with Crippen LogP contribution in [0.15, 0.2) is 22.7 Å². The standard InChI is InChI=1S/C14H21BrFN/c1-10(2)4-5-11(3)17-9-12-8-13(15)6-7-14(12)16/h6-8,10-11,17H,4-5,9H2,1-3H3. The fourth-order valence-corrected chi connectivity index (χ4v) is 2.06. The molecule has 0 saturated heterocycles. The molecule has 17 heavy (non-hydrogen) atoms. The van der Waals surface area contributed by atoms with Gasteiger partial charge in [0.15, 0.2) is 0 Å². The molecule has 0 fully saturated rings. The molecule has 1 atom stereocenters. The molecule has 1 nitrogen and oxygen atoms in total. The molecule has 0 radical (unpaired) electrons. The highest BCUT2D eigenvalue weighted by atomic mass is 79.9. The molecule has 96 valence electrons. The van der Waals surface area contributed by atoms with E-state index in [1.807, 2.05) is 6.07 Å². The predicted octanol–water partition coefficient (Wildman–Crippen LogP) is 4.50. The zero-order valence-corrected chi connectivity index (χ0v) is 12.3. The van der Waals surface area contributed by atoms with Gasteiger partial charge in [0.25, 0.3) is 0 Å². The van der Waals surface area contributed by atoms with Crippen LogP contribution in [0, 0.1) is 11.7 Å². The topological polar surface area (TPSA) is 12.0 Å². The van der Waals surface area contributed by atoms with Crippen LogP contribution in [0.5, 0.6) is 0 Å². The number of nitrogens with one attached hydrogen (secondary N) is 1. The average molecular weight is 302 g/mol. The van der Waals surface area contributed by atoms with Crippen molar-refractivity contribution in [2.75, 3.05) is 0 Å². The van der Waals surface area contributed by atoms with Crippen molar-refractivity contribution in [3.05, 3.63) is 34.1 Å². The molecule has 3 heteroatoms. The quantitative estimate of drug-likeness (QED) is 0.815. The van der Waals surface area contributed by atoms with E-state index in [-0.39, 0.29) is 5.82 Å². The summed E-state index contributed by atoms with van der Waals surface area (Å²) in [6.07, 6.45) is 2.34. The Balaban J connectivity index is 2.41. The van der Waals surface area contributed by atoms with Crippen LogP contribution in [0.3, 0.4) is 0 Å². The Labute approximate surface area is 112 Å². The minimum atomic E-state index is -0.142. The third kappa shape index (κ3) is 5.64.